The summed E-state index contributed by atoms with van der Waals surface area (Å²) in [6.07, 6.45) is 2.04. The molecule has 0 aliphatic carbocycles. The van der Waals surface area contributed by atoms with Crippen LogP contribution >= 0.6 is 0 Å². The second-order valence-corrected chi connectivity index (χ2v) is 5.56. The summed E-state index contributed by atoms with van der Waals surface area (Å²) >= 11 is 0. The van der Waals surface area contributed by atoms with E-state index in [9.17, 15) is 4.79 Å². The van der Waals surface area contributed by atoms with Crippen molar-refractivity contribution in [1.29, 1.82) is 5.26 Å². The normalized spacial score (nSPS) is 9.92. The molecule has 0 spiro atoms. The van der Waals surface area contributed by atoms with E-state index in [0.717, 1.165) is 11.3 Å². The molecule has 2 aromatic rings. The third-order valence-corrected chi connectivity index (χ3v) is 3.33. The highest BCUT2D eigenvalue weighted by atomic mass is 16.2. The van der Waals surface area contributed by atoms with Gasteiger partial charge in [0.1, 0.15) is 0 Å². The predicted molar refractivity (Wildman–Crippen MR) is 92.6 cm³/mol. The zero-order chi connectivity index (χ0) is 17.5. The molecule has 0 aliphatic rings. The van der Waals surface area contributed by atoms with Crippen molar-refractivity contribution in [3.8, 4) is 6.07 Å². The number of hydrogen-bond donors (Lipinski definition) is 1. The molecule has 24 heavy (non-hydrogen) atoms. The molecule has 2 rings (SSSR count). The van der Waals surface area contributed by atoms with Gasteiger partial charge >= 0.3 is 6.03 Å². The Morgan fingerprint density at radius 3 is 2.54 bits per heavy atom. The van der Waals surface area contributed by atoms with E-state index in [-0.39, 0.29) is 6.03 Å². The van der Waals surface area contributed by atoms with Crippen molar-refractivity contribution >= 4 is 17.7 Å². The zero-order valence-corrected chi connectivity index (χ0v) is 14.0. The lowest BCUT2D eigenvalue weighted by Gasteiger charge is -2.18. The van der Waals surface area contributed by atoms with Crippen LogP contribution in [0.2, 0.25) is 0 Å². The van der Waals surface area contributed by atoms with E-state index in [0.29, 0.717) is 24.6 Å². The second-order valence-electron chi connectivity index (χ2n) is 5.56. The molecule has 7 nitrogen and oxygen atoms in total. The zero-order valence-electron chi connectivity index (χ0n) is 14.0. The standard InChI is InChI=1S/C17H20N6O/c1-22(2)16-19-11-9-15(20-16)12-23(3)17(24)21-14-6-4-13(5-7-14)8-10-18/h4-7,9,11H,8,12H2,1-3H3,(H,21,24). The number of benzene rings is 1. The molecule has 0 bridgehead atoms. The van der Waals surface area contributed by atoms with Crippen LogP contribution in [0.25, 0.3) is 0 Å². The first-order valence-corrected chi connectivity index (χ1v) is 7.47. The number of nitriles is 1. The lowest BCUT2D eigenvalue weighted by atomic mass is 10.1. The Kier molecular flexibility index (Phi) is 5.68. The number of rotatable bonds is 5. The van der Waals surface area contributed by atoms with Gasteiger partial charge in [0.15, 0.2) is 0 Å². The summed E-state index contributed by atoms with van der Waals surface area (Å²) < 4.78 is 0. The van der Waals surface area contributed by atoms with Crippen molar-refractivity contribution in [3.05, 3.63) is 47.8 Å². The van der Waals surface area contributed by atoms with Crippen molar-refractivity contribution in [2.24, 2.45) is 0 Å². The maximum Gasteiger partial charge on any atom is 0.321 e. The van der Waals surface area contributed by atoms with Gasteiger partial charge in [0.05, 0.1) is 24.7 Å². The Bertz CT molecular complexity index is 735. The topological polar surface area (TPSA) is 85.2 Å². The third-order valence-electron chi connectivity index (χ3n) is 3.33. The Morgan fingerprint density at radius 1 is 1.21 bits per heavy atom. The molecule has 1 N–H and O–H groups in total. The molecule has 1 aromatic carbocycles. The average Bonchev–Trinajstić information content (AvgIpc) is 2.57. The maximum atomic E-state index is 12.3. The van der Waals surface area contributed by atoms with Gasteiger partial charge in [-0.2, -0.15) is 5.26 Å². The van der Waals surface area contributed by atoms with Crippen LogP contribution in [0.5, 0.6) is 0 Å². The molecule has 0 radical (unpaired) electrons. The first kappa shape index (κ1) is 17.2. The molecule has 0 aliphatic heterocycles. The second kappa shape index (κ2) is 7.92. The van der Waals surface area contributed by atoms with Crippen molar-refractivity contribution in [2.75, 3.05) is 31.4 Å². The Balaban J connectivity index is 1.97. The Morgan fingerprint density at radius 2 is 1.92 bits per heavy atom. The molecule has 0 saturated heterocycles. The van der Waals surface area contributed by atoms with Crippen LogP contribution in [0.3, 0.4) is 0 Å². The summed E-state index contributed by atoms with van der Waals surface area (Å²) in [6.45, 7) is 0.377. The minimum atomic E-state index is -0.229. The first-order valence-electron chi connectivity index (χ1n) is 7.47. The molecule has 0 atom stereocenters. The number of nitrogens with one attached hydrogen (secondary N) is 1. The highest BCUT2D eigenvalue weighted by molar-refractivity contribution is 5.89. The van der Waals surface area contributed by atoms with E-state index in [1.165, 1.54) is 0 Å². The quantitative estimate of drug-likeness (QED) is 0.912. The van der Waals surface area contributed by atoms with Gasteiger partial charge in [-0.05, 0) is 23.8 Å². The van der Waals surface area contributed by atoms with Crippen LogP contribution in [-0.4, -0.2) is 42.0 Å². The van der Waals surface area contributed by atoms with Gasteiger partial charge in [0.25, 0.3) is 0 Å². The number of hydrogen-bond acceptors (Lipinski definition) is 5. The summed E-state index contributed by atoms with van der Waals surface area (Å²) in [7, 11) is 5.44. The van der Waals surface area contributed by atoms with Crippen LogP contribution in [0.15, 0.2) is 36.5 Å². The van der Waals surface area contributed by atoms with Crippen LogP contribution in [-0.2, 0) is 13.0 Å². The van der Waals surface area contributed by atoms with E-state index in [1.807, 2.05) is 31.1 Å². The molecular formula is C17H20N6O. The molecule has 0 saturated carbocycles. The highest BCUT2D eigenvalue weighted by Crippen LogP contribution is 2.12. The number of aromatic nitrogens is 2. The van der Waals surface area contributed by atoms with E-state index in [1.54, 1.807) is 36.3 Å². The summed E-state index contributed by atoms with van der Waals surface area (Å²) in [5.41, 5.74) is 2.36. The van der Waals surface area contributed by atoms with Crippen LogP contribution < -0.4 is 10.2 Å². The van der Waals surface area contributed by atoms with E-state index >= 15 is 0 Å². The van der Waals surface area contributed by atoms with Crippen molar-refractivity contribution in [1.82, 2.24) is 14.9 Å². The Hall–Kier alpha value is -3.14. The summed E-state index contributed by atoms with van der Waals surface area (Å²) in [5.74, 6) is 0.606. The Labute approximate surface area is 141 Å². The monoisotopic (exact) mass is 324 g/mol. The molecule has 1 aromatic heterocycles. The molecule has 1 heterocycles. The van der Waals surface area contributed by atoms with Crippen molar-refractivity contribution in [3.63, 3.8) is 0 Å². The van der Waals surface area contributed by atoms with Crippen molar-refractivity contribution < 1.29 is 4.79 Å². The fraction of sp³-hybridized carbons (Fsp3) is 0.294. The maximum absolute atomic E-state index is 12.3. The average molecular weight is 324 g/mol. The molecule has 2 amide bonds. The fourth-order valence-corrected chi connectivity index (χ4v) is 2.02. The number of amides is 2. The van der Waals surface area contributed by atoms with E-state index in [4.69, 9.17) is 5.26 Å². The molecular weight excluding hydrogens is 304 g/mol. The number of urea groups is 1. The van der Waals surface area contributed by atoms with Crippen LogP contribution in [0.4, 0.5) is 16.4 Å². The summed E-state index contributed by atoms with van der Waals surface area (Å²) in [4.78, 5) is 24.2. The van der Waals surface area contributed by atoms with Gasteiger partial charge in [-0.3, -0.25) is 0 Å². The lowest BCUT2D eigenvalue weighted by Crippen LogP contribution is -2.31. The number of carbonyl (C=O) groups is 1. The number of carbonyl (C=O) groups excluding carboxylic acids is 1. The summed E-state index contributed by atoms with van der Waals surface area (Å²) in [5, 5.41) is 11.5. The minimum Gasteiger partial charge on any atom is -0.347 e. The molecule has 0 unspecified atom stereocenters. The van der Waals surface area contributed by atoms with E-state index < -0.39 is 0 Å². The fourth-order valence-electron chi connectivity index (χ4n) is 2.02. The third kappa shape index (κ3) is 4.68. The van der Waals surface area contributed by atoms with Gasteiger partial charge < -0.3 is 15.1 Å². The molecule has 7 heteroatoms. The largest absolute Gasteiger partial charge is 0.347 e. The number of nitrogens with zero attached hydrogens (tertiary/aromatic N) is 5. The molecule has 124 valence electrons. The highest BCUT2D eigenvalue weighted by Gasteiger charge is 2.11. The van der Waals surface area contributed by atoms with Gasteiger partial charge in [0.2, 0.25) is 5.95 Å². The van der Waals surface area contributed by atoms with Gasteiger partial charge in [-0.15, -0.1) is 0 Å². The van der Waals surface area contributed by atoms with Crippen LogP contribution in [0, 0.1) is 11.3 Å². The SMILES string of the molecule is CN(Cc1ccnc(N(C)C)n1)C(=O)Nc1ccc(CC#N)cc1. The lowest BCUT2D eigenvalue weighted by molar-refractivity contribution is 0.220. The van der Waals surface area contributed by atoms with Gasteiger partial charge in [0, 0.05) is 33.0 Å². The summed E-state index contributed by atoms with van der Waals surface area (Å²) in [6, 6.07) is 10.9. The van der Waals surface area contributed by atoms with Crippen LogP contribution in [0.1, 0.15) is 11.3 Å². The minimum absolute atomic E-state index is 0.229. The number of anilines is 2. The van der Waals surface area contributed by atoms with Gasteiger partial charge in [-0.1, -0.05) is 12.1 Å². The van der Waals surface area contributed by atoms with Crippen molar-refractivity contribution in [2.45, 2.75) is 13.0 Å². The predicted octanol–water partition coefficient (Wildman–Crippen LogP) is 2.27. The smallest absolute Gasteiger partial charge is 0.321 e. The first-order chi connectivity index (χ1) is 11.5. The van der Waals surface area contributed by atoms with Gasteiger partial charge in [-0.25, -0.2) is 14.8 Å². The molecule has 0 fully saturated rings. The van der Waals surface area contributed by atoms with E-state index in [2.05, 4.69) is 21.4 Å².